The molecule has 3 heterocycles. The Bertz CT molecular complexity index is 1160. The van der Waals surface area contributed by atoms with Crippen molar-refractivity contribution < 1.29 is 9.18 Å². The summed E-state index contributed by atoms with van der Waals surface area (Å²) in [4.78, 5) is 26.8. The summed E-state index contributed by atoms with van der Waals surface area (Å²) in [5.74, 6) is -0.318. The molecule has 0 radical (unpaired) electrons. The lowest BCUT2D eigenvalue weighted by Gasteiger charge is -2.24. The van der Waals surface area contributed by atoms with Crippen LogP contribution in [0.15, 0.2) is 47.3 Å². The molecule has 1 aromatic heterocycles. The summed E-state index contributed by atoms with van der Waals surface area (Å²) in [5, 5.41) is 11.5. The second-order valence-corrected chi connectivity index (χ2v) is 8.21. The van der Waals surface area contributed by atoms with Gasteiger partial charge in [0.05, 0.1) is 16.6 Å². The van der Waals surface area contributed by atoms with Crippen molar-refractivity contribution >= 4 is 16.7 Å². The molecule has 0 saturated carbocycles. The fourth-order valence-corrected chi connectivity index (χ4v) is 4.73. The number of aromatic nitrogens is 2. The number of amides is 1. The number of benzene rings is 2. The van der Waals surface area contributed by atoms with Gasteiger partial charge in [0.15, 0.2) is 0 Å². The number of hydrogen-bond acceptors (Lipinski definition) is 4. The molecule has 2 aliphatic rings. The SMILES string of the molecule is O=C(c1cc(Cc2n[nH]c(=O)c3ccccc23)ccc1F)N1CC2CCCNC2C1. The maximum Gasteiger partial charge on any atom is 0.272 e. The van der Waals surface area contributed by atoms with Gasteiger partial charge in [0.1, 0.15) is 5.82 Å². The number of carbonyl (C=O) groups excluding carboxylic acids is 1. The molecule has 5 rings (SSSR count). The summed E-state index contributed by atoms with van der Waals surface area (Å²) in [6.07, 6.45) is 2.62. The Morgan fingerprint density at radius 3 is 2.83 bits per heavy atom. The molecular formula is C23H23FN4O2. The van der Waals surface area contributed by atoms with Crippen LogP contribution < -0.4 is 10.9 Å². The Kier molecular flexibility index (Phi) is 4.83. The number of likely N-dealkylation sites (tertiary alicyclic amines) is 1. The van der Waals surface area contributed by atoms with Gasteiger partial charge in [-0.2, -0.15) is 5.10 Å². The second kappa shape index (κ2) is 7.65. The van der Waals surface area contributed by atoms with E-state index in [0.29, 0.717) is 42.6 Å². The Hall–Kier alpha value is -3.06. The summed E-state index contributed by atoms with van der Waals surface area (Å²) >= 11 is 0. The summed E-state index contributed by atoms with van der Waals surface area (Å²) < 4.78 is 14.6. The van der Waals surface area contributed by atoms with E-state index in [-0.39, 0.29) is 17.0 Å². The van der Waals surface area contributed by atoms with Crippen LogP contribution in [-0.4, -0.2) is 46.7 Å². The number of hydrogen-bond donors (Lipinski definition) is 2. The first-order chi connectivity index (χ1) is 14.6. The van der Waals surface area contributed by atoms with Crippen LogP contribution in [0.1, 0.15) is 34.5 Å². The van der Waals surface area contributed by atoms with Gasteiger partial charge in [-0.15, -0.1) is 0 Å². The average molecular weight is 406 g/mol. The number of piperidine rings is 1. The minimum Gasteiger partial charge on any atom is -0.337 e. The first-order valence-corrected chi connectivity index (χ1v) is 10.4. The fraction of sp³-hybridized carbons (Fsp3) is 0.348. The zero-order valence-electron chi connectivity index (χ0n) is 16.5. The van der Waals surface area contributed by atoms with E-state index in [9.17, 15) is 14.0 Å². The summed E-state index contributed by atoms with van der Waals surface area (Å²) in [6, 6.07) is 12.2. The number of aromatic amines is 1. The quantitative estimate of drug-likeness (QED) is 0.701. The summed E-state index contributed by atoms with van der Waals surface area (Å²) in [6.45, 7) is 2.28. The van der Waals surface area contributed by atoms with Gasteiger partial charge >= 0.3 is 0 Å². The van der Waals surface area contributed by atoms with Crippen molar-refractivity contribution in [2.45, 2.75) is 25.3 Å². The highest BCUT2D eigenvalue weighted by molar-refractivity contribution is 5.95. The van der Waals surface area contributed by atoms with Gasteiger partial charge in [0, 0.05) is 30.9 Å². The molecule has 0 spiro atoms. The number of H-pyrrole nitrogens is 1. The summed E-state index contributed by atoms with van der Waals surface area (Å²) in [7, 11) is 0. The molecule has 154 valence electrons. The first kappa shape index (κ1) is 18.9. The van der Waals surface area contributed by atoms with Crippen LogP contribution in [0.2, 0.25) is 0 Å². The molecule has 0 bridgehead atoms. The zero-order valence-corrected chi connectivity index (χ0v) is 16.5. The van der Waals surface area contributed by atoms with Gasteiger partial charge in [-0.05, 0) is 49.1 Å². The topological polar surface area (TPSA) is 78.1 Å². The van der Waals surface area contributed by atoms with E-state index >= 15 is 0 Å². The third-order valence-electron chi connectivity index (χ3n) is 6.29. The fourth-order valence-electron chi connectivity index (χ4n) is 4.73. The van der Waals surface area contributed by atoms with Gasteiger partial charge in [-0.3, -0.25) is 9.59 Å². The van der Waals surface area contributed by atoms with Crippen molar-refractivity contribution in [2.75, 3.05) is 19.6 Å². The molecule has 2 saturated heterocycles. The van der Waals surface area contributed by atoms with E-state index in [2.05, 4.69) is 15.5 Å². The molecule has 2 aliphatic heterocycles. The Balaban J connectivity index is 1.42. The van der Waals surface area contributed by atoms with Crippen LogP contribution >= 0.6 is 0 Å². The molecule has 6 nitrogen and oxygen atoms in total. The number of fused-ring (bicyclic) bond motifs is 2. The van der Waals surface area contributed by atoms with Crippen molar-refractivity contribution in [1.82, 2.24) is 20.4 Å². The van der Waals surface area contributed by atoms with Crippen LogP contribution in [0.3, 0.4) is 0 Å². The first-order valence-electron chi connectivity index (χ1n) is 10.4. The van der Waals surface area contributed by atoms with Crippen molar-refractivity contribution in [3.8, 4) is 0 Å². The largest absolute Gasteiger partial charge is 0.337 e. The Morgan fingerprint density at radius 1 is 1.17 bits per heavy atom. The van der Waals surface area contributed by atoms with Gasteiger partial charge < -0.3 is 10.2 Å². The van der Waals surface area contributed by atoms with E-state index < -0.39 is 5.82 Å². The highest BCUT2D eigenvalue weighted by atomic mass is 19.1. The molecule has 0 aliphatic carbocycles. The molecule has 3 aromatic rings. The molecule has 2 N–H and O–H groups in total. The van der Waals surface area contributed by atoms with Crippen molar-refractivity contribution in [3.63, 3.8) is 0 Å². The molecular weight excluding hydrogens is 383 g/mol. The van der Waals surface area contributed by atoms with Crippen LogP contribution in [0.25, 0.3) is 10.8 Å². The van der Waals surface area contributed by atoms with Gasteiger partial charge in [0.25, 0.3) is 11.5 Å². The number of rotatable bonds is 3. The molecule has 2 unspecified atom stereocenters. The molecule has 7 heteroatoms. The summed E-state index contributed by atoms with van der Waals surface area (Å²) in [5.41, 5.74) is 1.32. The lowest BCUT2D eigenvalue weighted by molar-refractivity contribution is 0.0781. The number of carbonyl (C=O) groups is 1. The Labute approximate surface area is 173 Å². The van der Waals surface area contributed by atoms with E-state index in [1.165, 1.54) is 6.07 Å². The zero-order chi connectivity index (χ0) is 20.7. The third kappa shape index (κ3) is 3.39. The molecule has 30 heavy (non-hydrogen) atoms. The molecule has 2 aromatic carbocycles. The number of nitrogens with zero attached hydrogens (tertiary/aromatic N) is 2. The van der Waals surface area contributed by atoms with Gasteiger partial charge in [0.2, 0.25) is 0 Å². The smallest absolute Gasteiger partial charge is 0.272 e. The van der Waals surface area contributed by atoms with E-state index in [1.807, 2.05) is 12.1 Å². The predicted molar refractivity (Wildman–Crippen MR) is 112 cm³/mol. The van der Waals surface area contributed by atoms with Crippen molar-refractivity contribution in [3.05, 3.63) is 75.5 Å². The Morgan fingerprint density at radius 2 is 2.00 bits per heavy atom. The van der Waals surface area contributed by atoms with Crippen LogP contribution in [0.5, 0.6) is 0 Å². The average Bonchev–Trinajstić information content (AvgIpc) is 3.21. The normalized spacial score (nSPS) is 21.0. The van der Waals surface area contributed by atoms with E-state index in [4.69, 9.17) is 0 Å². The monoisotopic (exact) mass is 406 g/mol. The molecule has 2 atom stereocenters. The van der Waals surface area contributed by atoms with Crippen LogP contribution in [0, 0.1) is 11.7 Å². The lowest BCUT2D eigenvalue weighted by atomic mass is 9.94. The van der Waals surface area contributed by atoms with Crippen LogP contribution in [0.4, 0.5) is 4.39 Å². The van der Waals surface area contributed by atoms with Crippen molar-refractivity contribution in [2.24, 2.45) is 5.92 Å². The minimum atomic E-state index is -0.508. The minimum absolute atomic E-state index is 0.0971. The second-order valence-electron chi connectivity index (χ2n) is 8.21. The standard InChI is InChI=1S/C23H23FN4O2/c24-19-8-7-14(11-20-16-5-1-2-6-17(16)22(29)27-26-20)10-18(19)23(30)28-12-15-4-3-9-25-21(15)13-28/h1-2,5-8,10,15,21,25H,3-4,9,11-13H2,(H,27,29). The molecule has 2 fully saturated rings. The predicted octanol–water partition coefficient (Wildman–Crippen LogP) is 2.48. The highest BCUT2D eigenvalue weighted by Crippen LogP contribution is 2.27. The lowest BCUT2D eigenvalue weighted by Crippen LogP contribution is -2.41. The third-order valence-corrected chi connectivity index (χ3v) is 6.29. The van der Waals surface area contributed by atoms with E-state index in [0.717, 1.165) is 30.3 Å². The van der Waals surface area contributed by atoms with Crippen molar-refractivity contribution in [1.29, 1.82) is 0 Å². The highest BCUT2D eigenvalue weighted by Gasteiger charge is 2.37. The van der Waals surface area contributed by atoms with Gasteiger partial charge in [-0.25, -0.2) is 9.49 Å². The molecule has 1 amide bonds. The maximum atomic E-state index is 14.6. The number of halogens is 1. The number of nitrogens with one attached hydrogen (secondary N) is 2. The maximum absolute atomic E-state index is 14.6. The van der Waals surface area contributed by atoms with E-state index in [1.54, 1.807) is 29.2 Å². The van der Waals surface area contributed by atoms with Crippen LogP contribution in [-0.2, 0) is 6.42 Å². The van der Waals surface area contributed by atoms with Gasteiger partial charge in [-0.1, -0.05) is 24.3 Å².